The van der Waals surface area contributed by atoms with Crippen molar-refractivity contribution in [3.63, 3.8) is 0 Å². The summed E-state index contributed by atoms with van der Waals surface area (Å²) in [4.78, 5) is 10.4. The van der Waals surface area contributed by atoms with Crippen molar-refractivity contribution in [3.05, 3.63) is 0 Å². The minimum Gasteiger partial charge on any atom is -0.481 e. The molecule has 0 aromatic rings. The minimum atomic E-state index is -0.760. The lowest BCUT2D eigenvalue weighted by Gasteiger charge is -2.13. The predicted octanol–water partition coefficient (Wildman–Crippen LogP) is 0.990. The third-order valence-electron chi connectivity index (χ3n) is 1.67. The van der Waals surface area contributed by atoms with E-state index < -0.39 is 5.97 Å². The highest BCUT2D eigenvalue weighted by molar-refractivity contribution is 5.69. The molecule has 0 aliphatic heterocycles. The maximum atomic E-state index is 10.4. The van der Waals surface area contributed by atoms with E-state index in [9.17, 15) is 4.79 Å². The smallest absolute Gasteiger partial charge is 0.306 e. The first-order valence-corrected chi connectivity index (χ1v) is 3.31. The molecule has 0 amide bonds. The third-order valence-corrected chi connectivity index (χ3v) is 1.67. The van der Waals surface area contributed by atoms with Crippen molar-refractivity contribution in [1.29, 1.82) is 0 Å². The van der Waals surface area contributed by atoms with E-state index in [0.717, 1.165) is 0 Å². The average molecular weight is 146 g/mol. The van der Waals surface area contributed by atoms with Crippen molar-refractivity contribution in [3.8, 4) is 0 Å². The van der Waals surface area contributed by atoms with Gasteiger partial charge in [0.1, 0.15) is 0 Å². The summed E-state index contributed by atoms with van der Waals surface area (Å²) in [5.41, 5.74) is 0. The fraction of sp³-hybridized carbons (Fsp3) is 0.857. The first-order chi connectivity index (χ1) is 4.59. The van der Waals surface area contributed by atoms with Gasteiger partial charge in [-0.15, -0.1) is 0 Å². The van der Waals surface area contributed by atoms with Gasteiger partial charge in [0.15, 0.2) is 0 Å². The maximum absolute atomic E-state index is 10.4. The highest BCUT2D eigenvalue weighted by Crippen LogP contribution is 2.10. The summed E-state index contributed by atoms with van der Waals surface area (Å²) in [5, 5.41) is 8.52. The number of hydrogen-bond donors (Lipinski definition) is 1. The Balaban J connectivity index is 3.69. The van der Waals surface area contributed by atoms with Crippen molar-refractivity contribution in [2.75, 3.05) is 13.7 Å². The Morgan fingerprint density at radius 1 is 1.60 bits per heavy atom. The summed E-state index contributed by atoms with van der Waals surface area (Å²) < 4.78 is 4.81. The van der Waals surface area contributed by atoms with E-state index in [0.29, 0.717) is 6.61 Å². The van der Waals surface area contributed by atoms with E-state index >= 15 is 0 Å². The van der Waals surface area contributed by atoms with Crippen LogP contribution in [0.25, 0.3) is 0 Å². The van der Waals surface area contributed by atoms with Gasteiger partial charge in [0.05, 0.1) is 5.92 Å². The van der Waals surface area contributed by atoms with Crippen LogP contribution in [0.2, 0.25) is 0 Å². The molecule has 3 nitrogen and oxygen atoms in total. The molecule has 3 heteroatoms. The molecule has 10 heavy (non-hydrogen) atoms. The second-order valence-corrected chi connectivity index (χ2v) is 2.56. The Morgan fingerprint density at radius 3 is 2.40 bits per heavy atom. The van der Waals surface area contributed by atoms with Gasteiger partial charge >= 0.3 is 5.97 Å². The fourth-order valence-electron chi connectivity index (χ4n) is 0.651. The number of hydrogen-bond acceptors (Lipinski definition) is 2. The lowest BCUT2D eigenvalue weighted by atomic mass is 9.97. The summed E-state index contributed by atoms with van der Waals surface area (Å²) >= 11 is 0. The summed E-state index contributed by atoms with van der Waals surface area (Å²) in [6, 6.07) is 0. The number of carboxylic acid groups (broad SMARTS) is 1. The molecule has 0 rings (SSSR count). The molecular weight excluding hydrogens is 132 g/mol. The van der Waals surface area contributed by atoms with Crippen molar-refractivity contribution in [1.82, 2.24) is 0 Å². The first-order valence-electron chi connectivity index (χ1n) is 3.31. The summed E-state index contributed by atoms with van der Waals surface area (Å²) in [6.45, 7) is 4.06. The lowest BCUT2D eigenvalue weighted by molar-refractivity contribution is -0.143. The summed E-state index contributed by atoms with van der Waals surface area (Å²) in [5.74, 6) is -0.994. The lowest BCUT2D eigenvalue weighted by Crippen LogP contribution is -2.21. The Hall–Kier alpha value is -0.570. The predicted molar refractivity (Wildman–Crippen MR) is 37.8 cm³/mol. The molecular formula is C7H14O3. The topological polar surface area (TPSA) is 46.5 Å². The summed E-state index contributed by atoms with van der Waals surface area (Å²) in [6.07, 6.45) is 0. The van der Waals surface area contributed by atoms with Crippen molar-refractivity contribution in [2.24, 2.45) is 11.8 Å². The fourth-order valence-corrected chi connectivity index (χ4v) is 0.651. The quantitative estimate of drug-likeness (QED) is 0.643. The van der Waals surface area contributed by atoms with E-state index in [2.05, 4.69) is 0 Å². The monoisotopic (exact) mass is 146 g/mol. The zero-order valence-corrected chi connectivity index (χ0v) is 6.63. The molecule has 0 heterocycles. The second-order valence-electron chi connectivity index (χ2n) is 2.56. The Bertz CT molecular complexity index is 111. The molecule has 0 aromatic heterocycles. The van der Waals surface area contributed by atoms with Gasteiger partial charge in [-0.25, -0.2) is 0 Å². The molecule has 0 unspecified atom stereocenters. The number of ether oxygens (including phenoxy) is 1. The number of carboxylic acids is 1. The van der Waals surface area contributed by atoms with Crippen molar-refractivity contribution < 1.29 is 14.6 Å². The van der Waals surface area contributed by atoms with Gasteiger partial charge in [-0.1, -0.05) is 13.8 Å². The van der Waals surface area contributed by atoms with Crippen LogP contribution in [0.5, 0.6) is 0 Å². The number of methoxy groups -OCH3 is 1. The molecule has 2 atom stereocenters. The van der Waals surface area contributed by atoms with Crippen LogP contribution in [0, 0.1) is 11.8 Å². The van der Waals surface area contributed by atoms with Crippen LogP contribution in [-0.2, 0) is 9.53 Å². The standard InChI is InChI=1S/C7H14O3/c1-5(4-10-3)6(2)7(8)9/h5-6H,4H2,1-3H3,(H,8,9)/t5-,6+/m1/s1. The van der Waals surface area contributed by atoms with Crippen LogP contribution in [0.3, 0.4) is 0 Å². The molecule has 0 aliphatic rings. The average Bonchev–Trinajstić information content (AvgIpc) is 1.87. The number of rotatable bonds is 4. The van der Waals surface area contributed by atoms with Gasteiger partial charge in [0, 0.05) is 13.7 Å². The van der Waals surface area contributed by atoms with Gasteiger partial charge in [-0.3, -0.25) is 4.79 Å². The van der Waals surface area contributed by atoms with E-state index in [-0.39, 0.29) is 11.8 Å². The normalized spacial score (nSPS) is 16.3. The molecule has 1 N–H and O–H groups in total. The Morgan fingerprint density at radius 2 is 2.10 bits per heavy atom. The van der Waals surface area contributed by atoms with E-state index in [1.54, 1.807) is 14.0 Å². The molecule has 0 spiro atoms. The number of carbonyl (C=O) groups is 1. The molecule has 60 valence electrons. The molecule has 0 aromatic carbocycles. The molecule has 0 radical (unpaired) electrons. The Labute approximate surface area is 61.0 Å². The van der Waals surface area contributed by atoms with Gasteiger partial charge in [-0.2, -0.15) is 0 Å². The van der Waals surface area contributed by atoms with Gasteiger partial charge in [0.25, 0.3) is 0 Å². The van der Waals surface area contributed by atoms with E-state index in [1.165, 1.54) is 0 Å². The third kappa shape index (κ3) is 2.82. The van der Waals surface area contributed by atoms with Gasteiger partial charge in [0.2, 0.25) is 0 Å². The zero-order chi connectivity index (χ0) is 8.15. The van der Waals surface area contributed by atoms with Crippen LogP contribution in [0.1, 0.15) is 13.8 Å². The highest BCUT2D eigenvalue weighted by atomic mass is 16.5. The molecule has 0 aliphatic carbocycles. The molecule has 0 bridgehead atoms. The number of aliphatic carboxylic acids is 1. The first kappa shape index (κ1) is 9.43. The molecule has 0 saturated carbocycles. The minimum absolute atomic E-state index is 0.0856. The highest BCUT2D eigenvalue weighted by Gasteiger charge is 2.18. The second kappa shape index (κ2) is 4.28. The van der Waals surface area contributed by atoms with Crippen LogP contribution < -0.4 is 0 Å². The largest absolute Gasteiger partial charge is 0.481 e. The van der Waals surface area contributed by atoms with Gasteiger partial charge < -0.3 is 9.84 Å². The van der Waals surface area contributed by atoms with Crippen molar-refractivity contribution in [2.45, 2.75) is 13.8 Å². The van der Waals surface area contributed by atoms with E-state index in [4.69, 9.17) is 9.84 Å². The van der Waals surface area contributed by atoms with Crippen LogP contribution in [0.15, 0.2) is 0 Å². The molecule has 0 saturated heterocycles. The van der Waals surface area contributed by atoms with Crippen LogP contribution in [0.4, 0.5) is 0 Å². The van der Waals surface area contributed by atoms with Crippen LogP contribution >= 0.6 is 0 Å². The SMILES string of the molecule is COC[C@@H](C)[C@H](C)C(=O)O. The maximum Gasteiger partial charge on any atom is 0.306 e. The van der Waals surface area contributed by atoms with Crippen LogP contribution in [-0.4, -0.2) is 24.8 Å². The van der Waals surface area contributed by atoms with Gasteiger partial charge in [-0.05, 0) is 5.92 Å². The zero-order valence-electron chi connectivity index (χ0n) is 6.63. The summed E-state index contributed by atoms with van der Waals surface area (Å²) in [7, 11) is 1.57. The molecule has 0 fully saturated rings. The van der Waals surface area contributed by atoms with E-state index in [1.807, 2.05) is 6.92 Å². The van der Waals surface area contributed by atoms with Crippen molar-refractivity contribution >= 4 is 5.97 Å². The Kier molecular flexibility index (Phi) is 4.03.